The van der Waals surface area contributed by atoms with Gasteiger partial charge in [-0.15, -0.1) is 11.3 Å². The number of carbonyl (C=O) groups is 3. The fourth-order valence-electron chi connectivity index (χ4n) is 1.78. The molecule has 0 fully saturated rings. The number of thiazole rings is 1. The van der Waals surface area contributed by atoms with Crippen molar-refractivity contribution < 1.29 is 19.5 Å². The Morgan fingerprint density at radius 2 is 2.00 bits per heavy atom. The lowest BCUT2D eigenvalue weighted by atomic mass is 9.85. The van der Waals surface area contributed by atoms with Crippen molar-refractivity contribution in [2.45, 2.75) is 40.2 Å². The Balaban J connectivity index is 2.36. The number of nitrogens with one attached hydrogen (secondary N) is 2. The van der Waals surface area contributed by atoms with Gasteiger partial charge >= 0.3 is 12.0 Å². The minimum atomic E-state index is -0.976. The lowest BCUT2D eigenvalue weighted by molar-refractivity contribution is -0.139. The van der Waals surface area contributed by atoms with Crippen molar-refractivity contribution in [3.05, 3.63) is 16.1 Å². The zero-order valence-electron chi connectivity index (χ0n) is 12.2. The van der Waals surface area contributed by atoms with Crippen molar-refractivity contribution in [3.63, 3.8) is 0 Å². The molecule has 0 saturated heterocycles. The molecule has 0 aliphatic heterocycles. The molecule has 3 amide bonds. The topological polar surface area (TPSA) is 108 Å². The van der Waals surface area contributed by atoms with Crippen molar-refractivity contribution in [2.75, 3.05) is 0 Å². The van der Waals surface area contributed by atoms with Crippen LogP contribution in [-0.4, -0.2) is 28.0 Å². The van der Waals surface area contributed by atoms with Crippen LogP contribution in [0, 0.1) is 12.3 Å². The van der Waals surface area contributed by atoms with E-state index in [0.29, 0.717) is 0 Å². The second-order valence-electron chi connectivity index (χ2n) is 5.50. The first-order valence-electron chi connectivity index (χ1n) is 6.38. The number of nitrogens with zero attached hydrogens (tertiary/aromatic N) is 1. The third kappa shape index (κ3) is 6.84. The molecular weight excluding hydrogens is 294 g/mol. The van der Waals surface area contributed by atoms with Gasteiger partial charge in [-0.05, 0) is 12.3 Å². The van der Waals surface area contributed by atoms with E-state index in [0.717, 1.165) is 10.7 Å². The van der Waals surface area contributed by atoms with Crippen molar-refractivity contribution in [3.8, 4) is 0 Å². The lowest BCUT2D eigenvalue weighted by Crippen LogP contribution is -2.40. The molecule has 0 aromatic carbocycles. The van der Waals surface area contributed by atoms with Crippen molar-refractivity contribution >= 4 is 29.2 Å². The zero-order chi connectivity index (χ0) is 16.0. The van der Waals surface area contributed by atoms with Gasteiger partial charge in [-0.25, -0.2) is 9.78 Å². The van der Waals surface area contributed by atoms with Gasteiger partial charge in [-0.1, -0.05) is 13.8 Å². The summed E-state index contributed by atoms with van der Waals surface area (Å²) in [5.74, 6) is -1.48. The maximum atomic E-state index is 11.7. The summed E-state index contributed by atoms with van der Waals surface area (Å²) in [5.41, 5.74) is 0.0219. The monoisotopic (exact) mass is 313 g/mol. The molecule has 0 aliphatic rings. The minimum absolute atomic E-state index is 0.0392. The Morgan fingerprint density at radius 1 is 1.33 bits per heavy atom. The van der Waals surface area contributed by atoms with Gasteiger partial charge in [0, 0.05) is 11.8 Å². The van der Waals surface area contributed by atoms with Crippen molar-refractivity contribution in [1.29, 1.82) is 0 Å². The molecule has 3 N–H and O–H groups in total. The molecule has 1 aromatic heterocycles. The van der Waals surface area contributed by atoms with Crippen LogP contribution in [0.25, 0.3) is 0 Å². The molecule has 116 valence electrons. The minimum Gasteiger partial charge on any atom is -0.481 e. The van der Waals surface area contributed by atoms with Gasteiger partial charge in [0.15, 0.2) is 0 Å². The van der Waals surface area contributed by atoms with Crippen LogP contribution < -0.4 is 10.6 Å². The Hall–Kier alpha value is -1.96. The van der Waals surface area contributed by atoms with Crippen molar-refractivity contribution in [2.24, 2.45) is 5.41 Å². The third-order valence-electron chi connectivity index (χ3n) is 2.62. The van der Waals surface area contributed by atoms with Gasteiger partial charge < -0.3 is 10.4 Å². The number of carbonyl (C=O) groups excluding carboxylic acids is 2. The van der Waals surface area contributed by atoms with Crippen LogP contribution in [-0.2, 0) is 16.1 Å². The van der Waals surface area contributed by atoms with Gasteiger partial charge in [0.1, 0.15) is 0 Å². The lowest BCUT2D eigenvalue weighted by Gasteiger charge is -2.21. The smallest absolute Gasteiger partial charge is 0.321 e. The normalized spacial score (nSPS) is 11.0. The summed E-state index contributed by atoms with van der Waals surface area (Å²) in [6.45, 7) is 5.43. The SMILES string of the molecule is Cc1nc(CNC(=O)NC(=O)CC(C)(C)CC(=O)O)cs1. The molecule has 21 heavy (non-hydrogen) atoms. The zero-order valence-corrected chi connectivity index (χ0v) is 13.0. The predicted octanol–water partition coefficient (Wildman–Crippen LogP) is 1.67. The number of carboxylic acids is 1. The van der Waals surface area contributed by atoms with E-state index >= 15 is 0 Å². The van der Waals surface area contributed by atoms with Crippen molar-refractivity contribution in [1.82, 2.24) is 15.6 Å². The first-order valence-corrected chi connectivity index (χ1v) is 7.26. The molecule has 8 heteroatoms. The molecule has 0 unspecified atom stereocenters. The number of aromatic nitrogens is 1. The molecule has 0 aliphatic carbocycles. The molecule has 7 nitrogen and oxygen atoms in total. The average molecular weight is 313 g/mol. The predicted molar refractivity (Wildman–Crippen MR) is 77.9 cm³/mol. The summed E-state index contributed by atoms with van der Waals surface area (Å²) in [6, 6.07) is -0.614. The second kappa shape index (κ2) is 7.16. The summed E-state index contributed by atoms with van der Waals surface area (Å²) in [6.07, 6.45) is -0.178. The van der Waals surface area contributed by atoms with Gasteiger partial charge in [-0.2, -0.15) is 0 Å². The number of hydrogen-bond donors (Lipinski definition) is 3. The molecule has 1 aromatic rings. The number of hydrogen-bond acceptors (Lipinski definition) is 5. The Labute approximate surface area is 126 Å². The summed E-state index contributed by atoms with van der Waals surface area (Å²) in [7, 11) is 0. The van der Waals surface area contributed by atoms with E-state index < -0.39 is 23.3 Å². The van der Waals surface area contributed by atoms with Gasteiger partial charge in [0.25, 0.3) is 0 Å². The first-order chi connectivity index (χ1) is 9.68. The van der Waals surface area contributed by atoms with Crippen LogP contribution in [0.1, 0.15) is 37.4 Å². The van der Waals surface area contributed by atoms with Crippen LogP contribution in [0.5, 0.6) is 0 Å². The molecule has 0 spiro atoms. The molecule has 1 rings (SSSR count). The Morgan fingerprint density at radius 3 is 2.52 bits per heavy atom. The average Bonchev–Trinajstić information content (AvgIpc) is 2.69. The number of urea groups is 1. The number of aryl methyl sites for hydroxylation is 1. The summed E-state index contributed by atoms with van der Waals surface area (Å²) < 4.78 is 0. The van der Waals surface area contributed by atoms with Crippen LogP contribution in [0.3, 0.4) is 0 Å². The number of amides is 3. The van der Waals surface area contributed by atoms with E-state index in [1.165, 1.54) is 11.3 Å². The maximum absolute atomic E-state index is 11.7. The van der Waals surface area contributed by atoms with Crippen LogP contribution >= 0.6 is 11.3 Å². The van der Waals surface area contributed by atoms with E-state index in [2.05, 4.69) is 15.6 Å². The number of carboxylic acid groups (broad SMARTS) is 1. The third-order valence-corrected chi connectivity index (χ3v) is 3.44. The summed E-state index contributed by atoms with van der Waals surface area (Å²) in [5, 5.41) is 16.2. The van der Waals surface area contributed by atoms with Crippen LogP contribution in [0.15, 0.2) is 5.38 Å². The highest BCUT2D eigenvalue weighted by Gasteiger charge is 2.25. The van der Waals surface area contributed by atoms with Crippen LogP contribution in [0.2, 0.25) is 0 Å². The highest BCUT2D eigenvalue weighted by molar-refractivity contribution is 7.09. The number of imide groups is 1. The summed E-state index contributed by atoms with van der Waals surface area (Å²) >= 11 is 1.48. The van der Waals surface area contributed by atoms with Gasteiger partial charge in [0.2, 0.25) is 5.91 Å². The highest BCUT2D eigenvalue weighted by Crippen LogP contribution is 2.24. The molecule has 0 radical (unpaired) electrons. The fourth-order valence-corrected chi connectivity index (χ4v) is 2.39. The quantitative estimate of drug-likeness (QED) is 0.740. The summed E-state index contributed by atoms with van der Waals surface area (Å²) in [4.78, 5) is 38.1. The van der Waals surface area contributed by atoms with E-state index in [9.17, 15) is 14.4 Å². The van der Waals surface area contributed by atoms with E-state index in [-0.39, 0.29) is 19.4 Å². The fraction of sp³-hybridized carbons (Fsp3) is 0.538. The largest absolute Gasteiger partial charge is 0.481 e. The number of aliphatic carboxylic acids is 1. The first kappa shape index (κ1) is 17.1. The maximum Gasteiger partial charge on any atom is 0.321 e. The van der Waals surface area contributed by atoms with Gasteiger partial charge in [0.05, 0.1) is 23.7 Å². The molecule has 0 saturated carbocycles. The van der Waals surface area contributed by atoms with E-state index in [1.54, 1.807) is 13.8 Å². The van der Waals surface area contributed by atoms with Gasteiger partial charge in [-0.3, -0.25) is 14.9 Å². The molecule has 0 atom stereocenters. The Bertz CT molecular complexity index is 539. The molecular formula is C13H19N3O4S. The second-order valence-corrected chi connectivity index (χ2v) is 6.56. The standard InChI is InChI=1S/C13H19N3O4S/c1-8-15-9(7-21-8)6-14-12(20)16-10(17)4-13(2,3)5-11(18)19/h7H,4-6H2,1-3H3,(H,18,19)(H2,14,16,17,20). The molecule has 0 bridgehead atoms. The van der Waals surface area contributed by atoms with E-state index in [1.807, 2.05) is 12.3 Å². The Kier molecular flexibility index (Phi) is 5.83. The van der Waals surface area contributed by atoms with Crippen LogP contribution in [0.4, 0.5) is 4.79 Å². The highest BCUT2D eigenvalue weighted by atomic mass is 32.1. The number of rotatable bonds is 6. The van der Waals surface area contributed by atoms with E-state index in [4.69, 9.17) is 5.11 Å². The molecule has 1 heterocycles.